The molecule has 61 heavy (non-hydrogen) atoms. The van der Waals surface area contributed by atoms with E-state index in [0.717, 1.165) is 12.1 Å². The lowest BCUT2D eigenvalue weighted by molar-refractivity contribution is -0.385. The fourth-order valence-corrected chi connectivity index (χ4v) is 7.07. The average Bonchev–Trinajstić information content (AvgIpc) is 3.16. The number of carboxylic acids is 2. The zero-order valence-corrected chi connectivity index (χ0v) is 31.2. The summed E-state index contributed by atoms with van der Waals surface area (Å²) < 4.78 is 69.7. The zero-order valence-electron chi connectivity index (χ0n) is 29.6. The van der Waals surface area contributed by atoms with Crippen molar-refractivity contribution in [3.05, 3.63) is 104 Å². The van der Waals surface area contributed by atoms with Crippen molar-refractivity contribution in [2.45, 2.75) is 9.79 Å². The molecule has 9 N–H and O–H groups in total. The maximum absolute atomic E-state index is 12.4. The number of benzene rings is 6. The minimum Gasteiger partial charge on any atom is -0.505 e. The summed E-state index contributed by atoms with van der Waals surface area (Å²) >= 11 is 0. The van der Waals surface area contributed by atoms with E-state index in [1.165, 1.54) is 36.4 Å². The van der Waals surface area contributed by atoms with Crippen LogP contribution in [0.25, 0.3) is 21.5 Å². The quantitative estimate of drug-likeness (QED) is 0.0256. The van der Waals surface area contributed by atoms with Crippen molar-refractivity contribution in [1.82, 2.24) is 0 Å². The summed E-state index contributed by atoms with van der Waals surface area (Å²) in [5, 5.41) is 101. The van der Waals surface area contributed by atoms with E-state index < -0.39 is 120 Å². The molecular formula is C34H21N7O18S2. The van der Waals surface area contributed by atoms with E-state index in [4.69, 9.17) is 0 Å². The summed E-state index contributed by atoms with van der Waals surface area (Å²) in [5.41, 5.74) is -6.59. The van der Waals surface area contributed by atoms with Crippen LogP contribution in [0, 0.1) is 20.2 Å². The third kappa shape index (κ3) is 8.31. The number of nitrogens with one attached hydrogen (secondary N) is 1. The van der Waals surface area contributed by atoms with Gasteiger partial charge < -0.3 is 36.0 Å². The molecule has 0 fully saturated rings. The summed E-state index contributed by atoms with van der Waals surface area (Å²) in [6.07, 6.45) is 0. The molecule has 0 saturated carbocycles. The number of hydrogen-bond acceptors (Lipinski definition) is 19. The molecule has 0 saturated heterocycles. The Bertz CT molecular complexity index is 3030. The third-order valence-electron chi connectivity index (χ3n) is 8.50. The van der Waals surface area contributed by atoms with E-state index in [1.807, 2.05) is 0 Å². The van der Waals surface area contributed by atoms with Gasteiger partial charge in [0.25, 0.3) is 31.6 Å². The van der Waals surface area contributed by atoms with E-state index in [-0.39, 0.29) is 32.9 Å². The molecule has 0 aliphatic heterocycles. The van der Waals surface area contributed by atoms with Crippen LogP contribution in [0.3, 0.4) is 0 Å². The van der Waals surface area contributed by atoms with Crippen LogP contribution in [0.1, 0.15) is 20.7 Å². The van der Waals surface area contributed by atoms with Gasteiger partial charge in [0.05, 0.1) is 22.0 Å². The number of azo groups is 2. The number of nitro benzene ring substituents is 2. The first-order valence-corrected chi connectivity index (χ1v) is 19.0. The second-order valence-electron chi connectivity index (χ2n) is 12.3. The van der Waals surface area contributed by atoms with Crippen LogP contribution < -0.4 is 5.32 Å². The Morgan fingerprint density at radius 1 is 0.557 bits per heavy atom. The van der Waals surface area contributed by atoms with E-state index in [9.17, 15) is 86.4 Å². The van der Waals surface area contributed by atoms with Gasteiger partial charge in [-0.15, -0.1) is 20.5 Å². The second-order valence-corrected chi connectivity index (χ2v) is 15.1. The molecule has 6 aromatic carbocycles. The van der Waals surface area contributed by atoms with Crippen molar-refractivity contribution in [1.29, 1.82) is 0 Å². The molecule has 0 bridgehead atoms. The first kappa shape index (κ1) is 42.2. The number of nitrogens with zero attached hydrogens (tertiary/aromatic N) is 6. The Kier molecular flexibility index (Phi) is 10.7. The van der Waals surface area contributed by atoms with Crippen LogP contribution in [-0.4, -0.2) is 78.4 Å². The smallest absolute Gasteiger partial charge is 0.342 e. The van der Waals surface area contributed by atoms with Crippen LogP contribution >= 0.6 is 0 Å². The number of aromatic carboxylic acids is 2. The molecule has 0 unspecified atom stereocenters. The number of carboxylic acid groups (broad SMARTS) is 2. The Balaban J connectivity index is 1.38. The van der Waals surface area contributed by atoms with Gasteiger partial charge in [0.1, 0.15) is 55.2 Å². The number of anilines is 2. The number of phenolic OH excluding ortho intramolecular Hbond substituents is 4. The van der Waals surface area contributed by atoms with Crippen molar-refractivity contribution in [2.24, 2.45) is 20.5 Å². The van der Waals surface area contributed by atoms with Gasteiger partial charge in [0.15, 0.2) is 11.5 Å². The van der Waals surface area contributed by atoms with Gasteiger partial charge >= 0.3 is 11.9 Å². The molecule has 27 heteroatoms. The van der Waals surface area contributed by atoms with E-state index in [1.54, 1.807) is 0 Å². The van der Waals surface area contributed by atoms with E-state index in [2.05, 4.69) is 25.8 Å². The van der Waals surface area contributed by atoms with Gasteiger partial charge in [-0.3, -0.25) is 29.3 Å². The predicted molar refractivity (Wildman–Crippen MR) is 206 cm³/mol. The van der Waals surface area contributed by atoms with Gasteiger partial charge in [-0.2, -0.15) is 16.8 Å². The fraction of sp³-hybridized carbons (Fsp3) is 0. The molecule has 0 radical (unpaired) electrons. The maximum atomic E-state index is 12.4. The number of aromatic hydroxyl groups is 4. The van der Waals surface area contributed by atoms with E-state index >= 15 is 0 Å². The first-order chi connectivity index (χ1) is 28.5. The van der Waals surface area contributed by atoms with Gasteiger partial charge in [0.2, 0.25) is 0 Å². The molecule has 6 rings (SSSR count). The number of rotatable bonds is 12. The highest BCUT2D eigenvalue weighted by Gasteiger charge is 2.27. The van der Waals surface area contributed by atoms with Crippen LogP contribution in [0.5, 0.6) is 23.0 Å². The van der Waals surface area contributed by atoms with Crippen molar-refractivity contribution < 1.29 is 76.0 Å². The standard InChI is InChI=1S/C34H21N7O18S2/c42-25-11-23(40(50)51)19(33(46)47)9-21(25)36-38-29-27(60(54,55)56)7-13-5-15(1-3-17(13)31(29)44)35-16-2-4-18-14(6-16)8-28(61(57,58)59)30(32(18)45)39-37-22-10-20(34(48)49)24(41(52)53)12-26(22)43/h1-12,35,42-45H,(H,46,47)(H,48,49)(H,54,55,56)(H,57,58,59). The number of phenols is 4. The Labute approximate surface area is 337 Å². The highest BCUT2D eigenvalue weighted by molar-refractivity contribution is 7.86. The molecule has 0 amide bonds. The molecule has 0 aromatic heterocycles. The van der Waals surface area contributed by atoms with Gasteiger partial charge in [-0.1, -0.05) is 0 Å². The Hall–Kier alpha value is -8.40. The van der Waals surface area contributed by atoms with Gasteiger partial charge in [-0.05, 0) is 71.4 Å². The number of carbonyl (C=O) groups is 2. The molecule has 0 heterocycles. The number of fused-ring (bicyclic) bond motifs is 2. The van der Waals surface area contributed by atoms with Crippen LogP contribution in [0.2, 0.25) is 0 Å². The third-order valence-corrected chi connectivity index (χ3v) is 10.2. The Morgan fingerprint density at radius 2 is 0.918 bits per heavy atom. The minimum atomic E-state index is -5.20. The molecule has 312 valence electrons. The number of hydrogen-bond donors (Lipinski definition) is 9. The molecule has 0 spiro atoms. The monoisotopic (exact) mass is 879 g/mol. The Morgan fingerprint density at radius 3 is 1.23 bits per heavy atom. The summed E-state index contributed by atoms with van der Waals surface area (Å²) in [4.78, 5) is 41.3. The molecule has 0 aliphatic carbocycles. The fourth-order valence-electron chi connectivity index (χ4n) is 5.76. The molecular weight excluding hydrogens is 859 g/mol. The molecule has 6 aromatic rings. The lowest BCUT2D eigenvalue weighted by Gasteiger charge is -2.13. The van der Waals surface area contributed by atoms with E-state index in [0.29, 0.717) is 24.3 Å². The minimum absolute atomic E-state index is 0.0444. The zero-order chi connectivity index (χ0) is 44.9. The predicted octanol–water partition coefficient (Wildman–Crippen LogP) is 7.10. The van der Waals surface area contributed by atoms with Crippen LogP contribution in [0.4, 0.5) is 45.5 Å². The highest BCUT2D eigenvalue weighted by atomic mass is 32.2. The SMILES string of the molecule is O=C(O)c1cc(N=Nc2c(S(=O)(=O)O)cc3cc(Nc4ccc5c(O)c(N=Nc6cc(C(=O)O)c([N+](=O)[O-])cc6O)c(S(=O)(=O)O)cc5c4)ccc3c2O)c(O)cc1[N+](=O)[O-]. The lowest BCUT2D eigenvalue weighted by atomic mass is 10.1. The van der Waals surface area contributed by atoms with Crippen LogP contribution in [0.15, 0.2) is 103 Å². The summed E-state index contributed by atoms with van der Waals surface area (Å²) in [6, 6.07) is 11.6. The molecule has 0 aliphatic rings. The van der Waals surface area contributed by atoms with Crippen molar-refractivity contribution in [3.63, 3.8) is 0 Å². The normalized spacial score (nSPS) is 12.0. The van der Waals surface area contributed by atoms with Crippen LogP contribution in [-0.2, 0) is 20.2 Å². The summed E-state index contributed by atoms with van der Waals surface area (Å²) in [5.74, 6) is -7.18. The topological polar surface area (TPSA) is 412 Å². The molecule has 0 atom stereocenters. The van der Waals surface area contributed by atoms with Crippen molar-refractivity contribution in [2.75, 3.05) is 5.32 Å². The second kappa shape index (κ2) is 15.4. The lowest BCUT2D eigenvalue weighted by Crippen LogP contribution is -2.02. The summed E-state index contributed by atoms with van der Waals surface area (Å²) in [7, 11) is -10.4. The highest BCUT2D eigenvalue weighted by Crippen LogP contribution is 2.45. The average molecular weight is 880 g/mol. The van der Waals surface area contributed by atoms with Crippen molar-refractivity contribution >= 4 is 99.2 Å². The molecule has 25 nitrogen and oxygen atoms in total. The van der Waals surface area contributed by atoms with Gasteiger partial charge in [-0.25, -0.2) is 9.59 Å². The summed E-state index contributed by atoms with van der Waals surface area (Å²) in [6.45, 7) is 0. The first-order valence-electron chi connectivity index (χ1n) is 16.1. The largest absolute Gasteiger partial charge is 0.505 e. The number of nitro groups is 2. The maximum Gasteiger partial charge on any atom is 0.342 e. The van der Waals surface area contributed by atoms with Crippen molar-refractivity contribution in [3.8, 4) is 23.0 Å². The van der Waals surface area contributed by atoms with Gasteiger partial charge in [0, 0.05) is 22.1 Å².